The van der Waals surface area contributed by atoms with Crippen molar-refractivity contribution in [1.82, 2.24) is 9.55 Å². The van der Waals surface area contributed by atoms with Gasteiger partial charge in [-0.25, -0.2) is 4.98 Å². The van der Waals surface area contributed by atoms with E-state index >= 15 is 0 Å². The van der Waals surface area contributed by atoms with E-state index in [1.54, 1.807) is 6.20 Å². The first kappa shape index (κ1) is 12.6. The van der Waals surface area contributed by atoms with Crippen LogP contribution in [0.15, 0.2) is 35.8 Å². The normalized spacial score (nSPS) is 13.5. The Morgan fingerprint density at radius 1 is 1.33 bits per heavy atom. The molecule has 0 radical (unpaired) electrons. The Morgan fingerprint density at radius 3 is 3.10 bits per heavy atom. The number of amides is 1. The third kappa shape index (κ3) is 2.14. The summed E-state index contributed by atoms with van der Waals surface area (Å²) in [6.07, 6.45) is 5.07. The summed E-state index contributed by atoms with van der Waals surface area (Å²) in [5.74, 6) is -0.0135. The van der Waals surface area contributed by atoms with Crippen molar-refractivity contribution in [3.8, 4) is 0 Å². The standard InChI is InChI=1S/C16H15N3OS/c20-15(18-16-17-8-9-21-16)10-19-13-6-2-1-4-11(13)12-5-3-7-14(12)19/h1-2,4,6,8-9H,3,5,7,10H2,(H,17,18,20). The van der Waals surface area contributed by atoms with Crippen LogP contribution in [0.1, 0.15) is 17.7 Å². The first-order valence-corrected chi connectivity index (χ1v) is 7.99. The fourth-order valence-electron chi connectivity index (χ4n) is 3.19. The number of aryl methyl sites for hydroxylation is 1. The fourth-order valence-corrected chi connectivity index (χ4v) is 3.74. The van der Waals surface area contributed by atoms with Crippen molar-refractivity contribution in [1.29, 1.82) is 0 Å². The van der Waals surface area contributed by atoms with Gasteiger partial charge in [0.2, 0.25) is 5.91 Å². The van der Waals surface area contributed by atoms with Gasteiger partial charge in [0.05, 0.1) is 0 Å². The minimum Gasteiger partial charge on any atom is -0.335 e. The van der Waals surface area contributed by atoms with Crippen LogP contribution in [-0.2, 0) is 24.2 Å². The Balaban J connectivity index is 1.69. The topological polar surface area (TPSA) is 46.9 Å². The third-order valence-electron chi connectivity index (χ3n) is 4.01. The van der Waals surface area contributed by atoms with Crippen molar-refractivity contribution >= 4 is 33.3 Å². The monoisotopic (exact) mass is 297 g/mol. The van der Waals surface area contributed by atoms with E-state index < -0.39 is 0 Å². The maximum atomic E-state index is 12.3. The molecule has 2 heterocycles. The van der Waals surface area contributed by atoms with E-state index in [0.29, 0.717) is 11.7 Å². The second kappa shape index (κ2) is 5.00. The molecule has 4 rings (SSSR count). The lowest BCUT2D eigenvalue weighted by Crippen LogP contribution is -2.19. The van der Waals surface area contributed by atoms with Gasteiger partial charge in [0.25, 0.3) is 0 Å². The number of rotatable bonds is 3. The first-order chi connectivity index (χ1) is 10.3. The number of carbonyl (C=O) groups is 1. The molecule has 4 nitrogen and oxygen atoms in total. The molecule has 3 aromatic rings. The van der Waals surface area contributed by atoms with Gasteiger partial charge < -0.3 is 9.88 Å². The molecule has 106 valence electrons. The fraction of sp³-hybridized carbons (Fsp3) is 0.250. The quantitative estimate of drug-likeness (QED) is 0.807. The lowest BCUT2D eigenvalue weighted by Gasteiger charge is -2.09. The molecule has 0 saturated heterocycles. The van der Waals surface area contributed by atoms with Gasteiger partial charge in [-0.1, -0.05) is 18.2 Å². The molecule has 0 fully saturated rings. The van der Waals surface area contributed by atoms with E-state index in [1.807, 2.05) is 11.4 Å². The van der Waals surface area contributed by atoms with Gasteiger partial charge in [-0.05, 0) is 30.9 Å². The van der Waals surface area contributed by atoms with E-state index in [-0.39, 0.29) is 5.91 Å². The number of nitrogens with one attached hydrogen (secondary N) is 1. The van der Waals surface area contributed by atoms with Gasteiger partial charge in [-0.3, -0.25) is 4.79 Å². The maximum Gasteiger partial charge on any atom is 0.246 e. The largest absolute Gasteiger partial charge is 0.335 e. The zero-order chi connectivity index (χ0) is 14.2. The Bertz CT molecular complexity index is 804. The SMILES string of the molecule is O=C(Cn1c2c(c3ccccc31)CCC2)Nc1nccs1. The average molecular weight is 297 g/mol. The smallest absolute Gasteiger partial charge is 0.246 e. The predicted octanol–water partition coefficient (Wildman–Crippen LogP) is 3.23. The van der Waals surface area contributed by atoms with Gasteiger partial charge in [0.15, 0.2) is 5.13 Å². The van der Waals surface area contributed by atoms with E-state index in [1.165, 1.54) is 34.4 Å². The molecule has 1 amide bonds. The molecule has 1 aliphatic carbocycles. The predicted molar refractivity (Wildman–Crippen MR) is 84.7 cm³/mol. The van der Waals surface area contributed by atoms with E-state index in [2.05, 4.69) is 33.1 Å². The van der Waals surface area contributed by atoms with E-state index in [0.717, 1.165) is 18.4 Å². The van der Waals surface area contributed by atoms with Crippen LogP contribution in [0.2, 0.25) is 0 Å². The summed E-state index contributed by atoms with van der Waals surface area (Å²) in [4.78, 5) is 16.4. The number of benzene rings is 1. The summed E-state index contributed by atoms with van der Waals surface area (Å²) in [5.41, 5.74) is 3.91. The molecular formula is C16H15N3OS. The average Bonchev–Trinajstić information content (AvgIpc) is 3.19. The number of hydrogen-bond donors (Lipinski definition) is 1. The second-order valence-corrected chi connectivity index (χ2v) is 6.16. The Labute approximate surface area is 126 Å². The number of aromatic nitrogens is 2. The Morgan fingerprint density at radius 2 is 2.24 bits per heavy atom. The van der Waals surface area contributed by atoms with Gasteiger partial charge in [0, 0.05) is 28.2 Å². The zero-order valence-corrected chi connectivity index (χ0v) is 12.3. The summed E-state index contributed by atoms with van der Waals surface area (Å²) in [6, 6.07) is 8.37. The van der Waals surface area contributed by atoms with Crippen molar-refractivity contribution in [2.45, 2.75) is 25.8 Å². The van der Waals surface area contributed by atoms with Crippen molar-refractivity contribution in [2.75, 3.05) is 5.32 Å². The highest BCUT2D eigenvalue weighted by molar-refractivity contribution is 7.13. The summed E-state index contributed by atoms with van der Waals surface area (Å²) in [6.45, 7) is 0.357. The van der Waals surface area contributed by atoms with Crippen LogP contribution in [-0.4, -0.2) is 15.5 Å². The minimum absolute atomic E-state index is 0.0135. The lowest BCUT2D eigenvalue weighted by molar-refractivity contribution is -0.116. The summed E-state index contributed by atoms with van der Waals surface area (Å²) < 4.78 is 2.17. The van der Waals surface area contributed by atoms with Crippen LogP contribution in [0.5, 0.6) is 0 Å². The van der Waals surface area contributed by atoms with Gasteiger partial charge in [-0.2, -0.15) is 0 Å². The Kier molecular flexibility index (Phi) is 3.00. The maximum absolute atomic E-state index is 12.3. The summed E-state index contributed by atoms with van der Waals surface area (Å²) in [5, 5.41) is 6.68. The number of nitrogens with zero attached hydrogens (tertiary/aromatic N) is 2. The molecule has 0 atom stereocenters. The third-order valence-corrected chi connectivity index (χ3v) is 4.70. The van der Waals surface area contributed by atoms with Crippen molar-refractivity contribution in [3.63, 3.8) is 0 Å². The van der Waals surface area contributed by atoms with Gasteiger partial charge in [0.1, 0.15) is 6.54 Å². The lowest BCUT2D eigenvalue weighted by atomic mass is 10.1. The first-order valence-electron chi connectivity index (χ1n) is 7.11. The number of thiazole rings is 1. The summed E-state index contributed by atoms with van der Waals surface area (Å²) >= 11 is 1.44. The van der Waals surface area contributed by atoms with Crippen LogP contribution in [0.25, 0.3) is 10.9 Å². The van der Waals surface area contributed by atoms with Crippen LogP contribution in [0, 0.1) is 0 Å². The number of fused-ring (bicyclic) bond motifs is 3. The van der Waals surface area contributed by atoms with Crippen molar-refractivity contribution < 1.29 is 4.79 Å². The highest BCUT2D eigenvalue weighted by Gasteiger charge is 2.22. The van der Waals surface area contributed by atoms with E-state index in [9.17, 15) is 4.79 Å². The zero-order valence-electron chi connectivity index (χ0n) is 11.5. The van der Waals surface area contributed by atoms with Crippen LogP contribution in [0.3, 0.4) is 0 Å². The molecule has 0 spiro atoms. The molecule has 1 aromatic carbocycles. The number of carbonyl (C=O) groups excluding carboxylic acids is 1. The molecule has 21 heavy (non-hydrogen) atoms. The molecule has 2 aromatic heterocycles. The minimum atomic E-state index is -0.0135. The molecule has 0 aliphatic heterocycles. The van der Waals surface area contributed by atoms with Crippen molar-refractivity contribution in [3.05, 3.63) is 47.1 Å². The van der Waals surface area contributed by atoms with Crippen LogP contribution < -0.4 is 5.32 Å². The molecular weight excluding hydrogens is 282 g/mol. The van der Waals surface area contributed by atoms with Crippen LogP contribution >= 0.6 is 11.3 Å². The number of hydrogen-bond acceptors (Lipinski definition) is 3. The molecule has 1 N–H and O–H groups in total. The molecule has 1 aliphatic rings. The van der Waals surface area contributed by atoms with Gasteiger partial charge >= 0.3 is 0 Å². The summed E-state index contributed by atoms with van der Waals surface area (Å²) in [7, 11) is 0. The van der Waals surface area contributed by atoms with Gasteiger partial charge in [-0.15, -0.1) is 11.3 Å². The van der Waals surface area contributed by atoms with Crippen LogP contribution in [0.4, 0.5) is 5.13 Å². The number of para-hydroxylation sites is 1. The highest BCUT2D eigenvalue weighted by Crippen LogP contribution is 2.32. The Hall–Kier alpha value is -2.14. The van der Waals surface area contributed by atoms with E-state index in [4.69, 9.17) is 0 Å². The highest BCUT2D eigenvalue weighted by atomic mass is 32.1. The molecule has 0 bridgehead atoms. The molecule has 0 unspecified atom stereocenters. The number of anilines is 1. The second-order valence-electron chi connectivity index (χ2n) is 5.27. The molecule has 0 saturated carbocycles. The molecule has 5 heteroatoms. The van der Waals surface area contributed by atoms with Crippen molar-refractivity contribution in [2.24, 2.45) is 0 Å².